The van der Waals surface area contributed by atoms with E-state index in [0.717, 1.165) is 23.8 Å². The first-order valence-corrected chi connectivity index (χ1v) is 6.18. The fraction of sp³-hybridized carbons (Fsp3) is 0.875. The smallest absolute Gasteiger partial charge is 0.176 e. The summed E-state index contributed by atoms with van der Waals surface area (Å²) in [5.74, 6) is 8.33. The van der Waals surface area contributed by atoms with E-state index in [1.807, 2.05) is 11.8 Å². The largest absolute Gasteiger partial charge is 0.271 e. The Kier molecular flexibility index (Phi) is 5.59. The summed E-state index contributed by atoms with van der Waals surface area (Å²) in [6.45, 7) is 2.17. The molecule has 0 spiro atoms. The second kappa shape index (κ2) is 6.76. The van der Waals surface area contributed by atoms with Crippen molar-refractivity contribution < 1.29 is 0 Å². The van der Waals surface area contributed by atoms with Gasteiger partial charge in [0.15, 0.2) is 5.82 Å². The molecule has 86 valence electrons. The van der Waals surface area contributed by atoms with Crippen molar-refractivity contribution in [2.75, 3.05) is 11.5 Å². The summed E-state index contributed by atoms with van der Waals surface area (Å²) >= 11 is 1.89. The number of hydrogen-bond acceptors (Lipinski definition) is 6. The molecule has 0 amide bonds. The van der Waals surface area contributed by atoms with Crippen LogP contribution in [0.25, 0.3) is 0 Å². The molecule has 6 nitrogen and oxygen atoms in total. The molecule has 1 atom stereocenters. The van der Waals surface area contributed by atoms with E-state index >= 15 is 0 Å². The van der Waals surface area contributed by atoms with Crippen molar-refractivity contribution in [1.29, 1.82) is 0 Å². The van der Waals surface area contributed by atoms with Gasteiger partial charge in [-0.05, 0) is 17.4 Å². The van der Waals surface area contributed by atoms with Crippen LogP contribution in [0.4, 0.5) is 0 Å². The minimum absolute atomic E-state index is 0.214. The number of aryl methyl sites for hydroxylation is 1. The first kappa shape index (κ1) is 12.4. The predicted octanol–water partition coefficient (Wildman–Crippen LogP) is -0.272. The van der Waals surface area contributed by atoms with Crippen LogP contribution in [0.1, 0.15) is 19.2 Å². The Morgan fingerprint density at radius 3 is 2.93 bits per heavy atom. The zero-order valence-electron chi connectivity index (χ0n) is 9.18. The number of aromatic nitrogens is 4. The number of hydrazine groups is 1. The number of nitrogens with two attached hydrogens (primary N) is 1. The zero-order chi connectivity index (χ0) is 11.1. The quantitative estimate of drug-likeness (QED) is 0.381. The molecule has 1 aromatic rings. The van der Waals surface area contributed by atoms with Crippen LogP contribution in [-0.2, 0) is 13.5 Å². The van der Waals surface area contributed by atoms with Crippen LogP contribution in [0.15, 0.2) is 0 Å². The molecule has 0 bridgehead atoms. The van der Waals surface area contributed by atoms with Crippen LogP contribution < -0.4 is 11.3 Å². The number of tetrazole rings is 1. The van der Waals surface area contributed by atoms with Crippen LogP contribution >= 0.6 is 11.8 Å². The molecule has 0 fully saturated rings. The molecule has 3 N–H and O–H groups in total. The monoisotopic (exact) mass is 230 g/mol. The lowest BCUT2D eigenvalue weighted by Crippen LogP contribution is -2.39. The maximum atomic E-state index is 5.46. The van der Waals surface area contributed by atoms with Gasteiger partial charge in [-0.25, -0.2) is 0 Å². The predicted molar refractivity (Wildman–Crippen MR) is 61.2 cm³/mol. The van der Waals surface area contributed by atoms with Crippen molar-refractivity contribution in [3.8, 4) is 0 Å². The molecule has 0 saturated heterocycles. The van der Waals surface area contributed by atoms with Crippen LogP contribution in [0.3, 0.4) is 0 Å². The lowest BCUT2D eigenvalue weighted by atomic mass is 10.2. The fourth-order valence-electron chi connectivity index (χ4n) is 1.16. The van der Waals surface area contributed by atoms with Gasteiger partial charge in [0.25, 0.3) is 0 Å². The molecular weight excluding hydrogens is 212 g/mol. The lowest BCUT2D eigenvalue weighted by molar-refractivity contribution is 0.558. The first-order valence-electron chi connectivity index (χ1n) is 5.03. The number of hydrogen-bond donors (Lipinski definition) is 2. The highest BCUT2D eigenvalue weighted by Crippen LogP contribution is 2.06. The van der Waals surface area contributed by atoms with E-state index in [0.29, 0.717) is 0 Å². The number of thioether (sulfide) groups is 1. The maximum Gasteiger partial charge on any atom is 0.176 e. The van der Waals surface area contributed by atoms with Gasteiger partial charge >= 0.3 is 0 Å². The number of nitrogens with zero attached hydrogens (tertiary/aromatic N) is 4. The van der Waals surface area contributed by atoms with Gasteiger partial charge in [0.2, 0.25) is 0 Å². The van der Waals surface area contributed by atoms with Crippen molar-refractivity contribution in [2.45, 2.75) is 25.8 Å². The van der Waals surface area contributed by atoms with E-state index in [9.17, 15) is 0 Å². The minimum Gasteiger partial charge on any atom is -0.271 e. The molecule has 7 heteroatoms. The van der Waals surface area contributed by atoms with Crippen LogP contribution in [0.5, 0.6) is 0 Å². The van der Waals surface area contributed by atoms with Crippen LogP contribution in [0.2, 0.25) is 0 Å². The Bertz CT molecular complexity index is 276. The third kappa shape index (κ3) is 4.59. The Morgan fingerprint density at radius 1 is 1.60 bits per heavy atom. The molecule has 0 aromatic carbocycles. The van der Waals surface area contributed by atoms with Crippen molar-refractivity contribution in [1.82, 2.24) is 25.6 Å². The van der Waals surface area contributed by atoms with Crippen molar-refractivity contribution >= 4 is 11.8 Å². The highest BCUT2D eigenvalue weighted by molar-refractivity contribution is 7.99. The van der Waals surface area contributed by atoms with Gasteiger partial charge in [0.05, 0.1) is 7.05 Å². The summed E-state index contributed by atoms with van der Waals surface area (Å²) in [6.07, 6.45) is 1.91. The molecule has 15 heavy (non-hydrogen) atoms. The van der Waals surface area contributed by atoms with E-state index in [4.69, 9.17) is 5.84 Å². The van der Waals surface area contributed by atoms with E-state index in [1.54, 1.807) is 7.05 Å². The summed E-state index contributed by atoms with van der Waals surface area (Å²) in [6, 6.07) is 0.214. The molecule has 0 aliphatic rings. The van der Waals surface area contributed by atoms with Crippen molar-refractivity contribution in [2.24, 2.45) is 12.9 Å². The van der Waals surface area contributed by atoms with Crippen LogP contribution in [0, 0.1) is 0 Å². The molecule has 1 aromatic heterocycles. The zero-order valence-corrected chi connectivity index (χ0v) is 10.00. The van der Waals surface area contributed by atoms with Crippen LogP contribution in [-0.4, -0.2) is 37.8 Å². The molecule has 1 rings (SSSR count). The first-order chi connectivity index (χ1) is 7.26. The SMILES string of the molecule is CCCSCC(Cc1nnn(C)n1)NN. The van der Waals surface area contributed by atoms with Gasteiger partial charge in [0.1, 0.15) is 0 Å². The molecule has 0 radical (unpaired) electrons. The second-order valence-electron chi connectivity index (χ2n) is 3.34. The van der Waals surface area contributed by atoms with Gasteiger partial charge in [-0.2, -0.15) is 16.6 Å². The highest BCUT2D eigenvalue weighted by Gasteiger charge is 2.11. The lowest BCUT2D eigenvalue weighted by Gasteiger charge is -2.12. The van der Waals surface area contributed by atoms with E-state index < -0.39 is 0 Å². The summed E-state index contributed by atoms with van der Waals surface area (Å²) in [5, 5.41) is 11.8. The molecule has 0 aliphatic heterocycles. The van der Waals surface area contributed by atoms with Gasteiger partial charge < -0.3 is 0 Å². The molecule has 1 unspecified atom stereocenters. The summed E-state index contributed by atoms with van der Waals surface area (Å²) in [5.41, 5.74) is 2.78. The molecule has 0 saturated carbocycles. The highest BCUT2D eigenvalue weighted by atomic mass is 32.2. The van der Waals surface area contributed by atoms with Gasteiger partial charge in [-0.1, -0.05) is 6.92 Å². The Balaban J connectivity index is 2.33. The Morgan fingerprint density at radius 2 is 2.40 bits per heavy atom. The van der Waals surface area contributed by atoms with Gasteiger partial charge in [0, 0.05) is 18.2 Å². The maximum absolute atomic E-state index is 5.46. The Hall–Kier alpha value is -0.660. The van der Waals surface area contributed by atoms with E-state index in [-0.39, 0.29) is 6.04 Å². The Labute approximate surface area is 94.0 Å². The number of rotatable bonds is 7. The van der Waals surface area contributed by atoms with Gasteiger partial charge in [-0.3, -0.25) is 11.3 Å². The van der Waals surface area contributed by atoms with Gasteiger partial charge in [-0.15, -0.1) is 10.2 Å². The molecule has 0 aliphatic carbocycles. The van der Waals surface area contributed by atoms with E-state index in [2.05, 4.69) is 27.8 Å². The average molecular weight is 230 g/mol. The normalized spacial score (nSPS) is 13.0. The third-order valence-electron chi connectivity index (χ3n) is 1.88. The minimum atomic E-state index is 0.214. The summed E-state index contributed by atoms with van der Waals surface area (Å²) < 4.78 is 0. The van der Waals surface area contributed by atoms with E-state index in [1.165, 1.54) is 11.2 Å². The fourth-order valence-corrected chi connectivity index (χ4v) is 2.12. The third-order valence-corrected chi connectivity index (χ3v) is 3.22. The molecular formula is C8H18N6S. The summed E-state index contributed by atoms with van der Waals surface area (Å²) in [7, 11) is 1.76. The average Bonchev–Trinajstić information content (AvgIpc) is 2.63. The van der Waals surface area contributed by atoms with Crippen molar-refractivity contribution in [3.63, 3.8) is 0 Å². The summed E-state index contributed by atoms with van der Waals surface area (Å²) in [4.78, 5) is 1.46. The number of nitrogens with one attached hydrogen (secondary N) is 1. The molecule has 1 heterocycles. The van der Waals surface area contributed by atoms with Crippen molar-refractivity contribution in [3.05, 3.63) is 5.82 Å². The topological polar surface area (TPSA) is 81.7 Å². The standard InChI is InChI=1S/C8H18N6S/c1-3-4-15-6-7(10-9)5-8-11-13-14(2)12-8/h7,10H,3-6,9H2,1-2H3. The second-order valence-corrected chi connectivity index (χ2v) is 4.49.